The smallest absolute Gasteiger partial charge is 0.338 e. The van der Waals surface area contributed by atoms with Gasteiger partial charge in [-0.15, -0.1) is 11.3 Å². The van der Waals surface area contributed by atoms with E-state index in [4.69, 9.17) is 4.74 Å². The van der Waals surface area contributed by atoms with Gasteiger partial charge < -0.3 is 4.74 Å². The van der Waals surface area contributed by atoms with Crippen molar-refractivity contribution in [2.24, 2.45) is 0 Å². The van der Waals surface area contributed by atoms with E-state index in [0.717, 1.165) is 27.4 Å². The van der Waals surface area contributed by atoms with Crippen LogP contribution in [0.25, 0.3) is 10.6 Å². The lowest BCUT2D eigenvalue weighted by Crippen LogP contribution is -2.08. The first-order valence-corrected chi connectivity index (χ1v) is 8.26. The van der Waals surface area contributed by atoms with Crippen LogP contribution in [-0.4, -0.2) is 11.0 Å². The number of aromatic nitrogens is 1. The van der Waals surface area contributed by atoms with Crippen LogP contribution in [0.5, 0.6) is 0 Å². The van der Waals surface area contributed by atoms with Crippen LogP contribution in [0.2, 0.25) is 0 Å². The lowest BCUT2D eigenvalue weighted by molar-refractivity contribution is 0.0467. The van der Waals surface area contributed by atoms with Gasteiger partial charge in [0.05, 0.1) is 11.3 Å². The van der Waals surface area contributed by atoms with Crippen LogP contribution in [0.15, 0.2) is 53.9 Å². The first kappa shape index (κ1) is 15.4. The highest BCUT2D eigenvalue weighted by Gasteiger charge is 2.13. The summed E-state index contributed by atoms with van der Waals surface area (Å²) >= 11 is 1.55. The summed E-state index contributed by atoms with van der Waals surface area (Å²) in [6.45, 7) is 4.11. The molecular weight excluding hydrogens is 306 g/mol. The second kappa shape index (κ2) is 6.75. The van der Waals surface area contributed by atoms with Crippen molar-refractivity contribution in [3.05, 3.63) is 76.3 Å². The zero-order chi connectivity index (χ0) is 16.2. The number of esters is 1. The van der Waals surface area contributed by atoms with Gasteiger partial charge in [-0.25, -0.2) is 9.78 Å². The molecule has 0 aliphatic carbocycles. The van der Waals surface area contributed by atoms with E-state index in [2.05, 4.69) is 4.98 Å². The normalized spacial score (nSPS) is 10.5. The van der Waals surface area contributed by atoms with Crippen LogP contribution in [0.4, 0.5) is 0 Å². The molecule has 3 nitrogen and oxygen atoms in total. The second-order valence-electron chi connectivity index (χ2n) is 5.33. The van der Waals surface area contributed by atoms with Gasteiger partial charge in [0.1, 0.15) is 11.6 Å². The summed E-state index contributed by atoms with van der Waals surface area (Å²) in [5.41, 5.74) is 4.50. The molecule has 1 heterocycles. The number of aryl methyl sites for hydroxylation is 1. The predicted octanol–water partition coefficient (Wildman–Crippen LogP) is 4.78. The van der Waals surface area contributed by atoms with Crippen LogP contribution in [-0.2, 0) is 11.3 Å². The number of carbonyl (C=O) groups excluding carboxylic acids is 1. The largest absolute Gasteiger partial charge is 0.456 e. The number of benzene rings is 2. The number of hydrogen-bond donors (Lipinski definition) is 0. The van der Waals surface area contributed by atoms with Gasteiger partial charge >= 0.3 is 5.97 Å². The topological polar surface area (TPSA) is 39.2 Å². The Morgan fingerprint density at radius 3 is 2.65 bits per heavy atom. The summed E-state index contributed by atoms with van der Waals surface area (Å²) in [6, 6.07) is 15.6. The van der Waals surface area contributed by atoms with Gasteiger partial charge in [-0.1, -0.05) is 42.5 Å². The Hall–Kier alpha value is -2.46. The second-order valence-corrected chi connectivity index (χ2v) is 6.19. The first-order valence-electron chi connectivity index (χ1n) is 7.38. The molecule has 2 aromatic carbocycles. The van der Waals surface area contributed by atoms with Gasteiger partial charge in [0.15, 0.2) is 0 Å². The molecule has 3 rings (SSSR count). The lowest BCUT2D eigenvalue weighted by atomic mass is 10.0. The van der Waals surface area contributed by atoms with Crippen molar-refractivity contribution in [1.29, 1.82) is 0 Å². The fourth-order valence-electron chi connectivity index (χ4n) is 2.28. The van der Waals surface area contributed by atoms with E-state index in [0.29, 0.717) is 5.56 Å². The Morgan fingerprint density at radius 1 is 1.09 bits per heavy atom. The average Bonchev–Trinajstić information content (AvgIpc) is 3.05. The summed E-state index contributed by atoms with van der Waals surface area (Å²) < 4.78 is 5.40. The van der Waals surface area contributed by atoms with Crippen LogP contribution in [0.3, 0.4) is 0 Å². The summed E-state index contributed by atoms with van der Waals surface area (Å²) in [4.78, 5) is 16.7. The molecule has 0 aliphatic rings. The maximum absolute atomic E-state index is 12.2. The molecule has 0 bridgehead atoms. The molecule has 23 heavy (non-hydrogen) atoms. The summed E-state index contributed by atoms with van der Waals surface area (Å²) in [5, 5.41) is 2.86. The van der Waals surface area contributed by atoms with E-state index >= 15 is 0 Å². The van der Waals surface area contributed by atoms with Gasteiger partial charge in [0.2, 0.25) is 0 Å². The van der Waals surface area contributed by atoms with Crippen LogP contribution in [0.1, 0.15) is 27.2 Å². The number of thiazole rings is 1. The summed E-state index contributed by atoms with van der Waals surface area (Å²) in [7, 11) is 0. The maximum Gasteiger partial charge on any atom is 0.338 e. The van der Waals surface area contributed by atoms with Crippen molar-refractivity contribution in [3.63, 3.8) is 0 Å². The summed E-state index contributed by atoms with van der Waals surface area (Å²) in [5.74, 6) is -0.305. The average molecular weight is 323 g/mol. The number of ether oxygens (including phenoxy) is 1. The van der Waals surface area contributed by atoms with E-state index in [9.17, 15) is 4.79 Å². The van der Waals surface area contributed by atoms with E-state index in [-0.39, 0.29) is 12.6 Å². The van der Waals surface area contributed by atoms with Gasteiger partial charge in [0.25, 0.3) is 0 Å². The minimum atomic E-state index is -0.305. The Labute approximate surface area is 139 Å². The molecule has 0 amide bonds. The highest BCUT2D eigenvalue weighted by Crippen LogP contribution is 2.24. The van der Waals surface area contributed by atoms with E-state index < -0.39 is 0 Å². The Morgan fingerprint density at radius 2 is 1.87 bits per heavy atom. The standard InChI is InChI=1S/C19H17NO2S/c1-13-7-6-10-17(14(13)2)19(21)22-11-16-12-23-18(20-16)15-8-4-3-5-9-15/h3-10,12H,11H2,1-2H3. The number of rotatable bonds is 4. The van der Waals surface area contributed by atoms with E-state index in [1.54, 1.807) is 17.4 Å². The first-order chi connectivity index (χ1) is 11.1. The minimum absolute atomic E-state index is 0.190. The molecule has 0 saturated carbocycles. The third-order valence-corrected chi connectivity index (χ3v) is 4.69. The molecule has 116 valence electrons. The maximum atomic E-state index is 12.2. The third kappa shape index (κ3) is 3.48. The molecule has 0 atom stereocenters. The molecule has 3 aromatic rings. The van der Waals surface area contributed by atoms with Crippen LogP contribution < -0.4 is 0 Å². The quantitative estimate of drug-likeness (QED) is 0.648. The van der Waals surface area contributed by atoms with Crippen LogP contribution >= 0.6 is 11.3 Å². The predicted molar refractivity (Wildman–Crippen MR) is 92.6 cm³/mol. The molecule has 0 aliphatic heterocycles. The molecule has 0 N–H and O–H groups in total. The number of hydrogen-bond acceptors (Lipinski definition) is 4. The molecular formula is C19H17NO2S. The zero-order valence-electron chi connectivity index (χ0n) is 13.1. The fraction of sp³-hybridized carbons (Fsp3) is 0.158. The molecule has 0 fully saturated rings. The molecule has 0 radical (unpaired) electrons. The van der Waals surface area contributed by atoms with Gasteiger partial charge in [-0.05, 0) is 31.0 Å². The molecule has 0 saturated heterocycles. The van der Waals surface area contributed by atoms with Crippen molar-refractivity contribution in [3.8, 4) is 10.6 Å². The Bertz CT molecular complexity index is 824. The lowest BCUT2D eigenvalue weighted by Gasteiger charge is -2.07. The highest BCUT2D eigenvalue weighted by molar-refractivity contribution is 7.13. The molecule has 0 spiro atoms. The number of nitrogens with zero attached hydrogens (tertiary/aromatic N) is 1. The van der Waals surface area contributed by atoms with Crippen molar-refractivity contribution >= 4 is 17.3 Å². The Kier molecular flexibility index (Phi) is 4.53. The fourth-order valence-corrected chi connectivity index (χ4v) is 3.09. The molecule has 1 aromatic heterocycles. The highest BCUT2D eigenvalue weighted by atomic mass is 32.1. The molecule has 0 unspecified atom stereocenters. The minimum Gasteiger partial charge on any atom is -0.456 e. The van der Waals surface area contributed by atoms with Crippen molar-refractivity contribution < 1.29 is 9.53 Å². The monoisotopic (exact) mass is 323 g/mol. The molecule has 4 heteroatoms. The van der Waals surface area contributed by atoms with Crippen LogP contribution in [0, 0.1) is 13.8 Å². The SMILES string of the molecule is Cc1cccc(C(=O)OCc2csc(-c3ccccc3)n2)c1C. The van der Waals surface area contributed by atoms with Crippen molar-refractivity contribution in [2.75, 3.05) is 0 Å². The Balaban J connectivity index is 1.68. The van der Waals surface area contributed by atoms with Gasteiger partial charge in [-0.2, -0.15) is 0 Å². The summed E-state index contributed by atoms with van der Waals surface area (Å²) in [6.07, 6.45) is 0. The number of carbonyl (C=O) groups is 1. The van der Waals surface area contributed by atoms with E-state index in [1.165, 1.54) is 0 Å². The van der Waals surface area contributed by atoms with Gasteiger partial charge in [0, 0.05) is 10.9 Å². The zero-order valence-corrected chi connectivity index (χ0v) is 13.9. The van der Waals surface area contributed by atoms with Crippen molar-refractivity contribution in [1.82, 2.24) is 4.98 Å². The van der Waals surface area contributed by atoms with E-state index in [1.807, 2.05) is 61.7 Å². The van der Waals surface area contributed by atoms with Gasteiger partial charge in [-0.3, -0.25) is 0 Å². The third-order valence-electron chi connectivity index (χ3n) is 3.75. The van der Waals surface area contributed by atoms with Crippen molar-refractivity contribution in [2.45, 2.75) is 20.5 Å².